The standard InChI is InChI=1S/C15H14BrNO3/c1-17(2)10-5-3-6-11(9-10)20-13-8-4-7-12(16)14(13)15(18)19/h3-9H,1-2H3,(H,18,19). The van der Waals surface area contributed by atoms with E-state index in [0.717, 1.165) is 5.69 Å². The predicted octanol–water partition coefficient (Wildman–Crippen LogP) is 4.01. The van der Waals surface area contributed by atoms with Crippen LogP contribution < -0.4 is 9.64 Å². The SMILES string of the molecule is CN(C)c1cccc(Oc2cccc(Br)c2C(=O)O)c1. The summed E-state index contributed by atoms with van der Waals surface area (Å²) in [4.78, 5) is 13.2. The van der Waals surface area contributed by atoms with Gasteiger partial charge in [0.25, 0.3) is 0 Å². The van der Waals surface area contributed by atoms with Crippen LogP contribution in [-0.4, -0.2) is 25.2 Å². The Morgan fingerprint density at radius 3 is 2.55 bits per heavy atom. The third kappa shape index (κ3) is 3.11. The number of carbonyl (C=O) groups is 1. The number of benzene rings is 2. The van der Waals surface area contributed by atoms with Gasteiger partial charge in [0, 0.05) is 30.3 Å². The first-order valence-electron chi connectivity index (χ1n) is 5.96. The number of nitrogens with zero attached hydrogens (tertiary/aromatic N) is 1. The summed E-state index contributed by atoms with van der Waals surface area (Å²) in [6.07, 6.45) is 0. The van der Waals surface area contributed by atoms with Crippen molar-refractivity contribution in [1.82, 2.24) is 0 Å². The molecule has 0 aliphatic rings. The maximum Gasteiger partial charge on any atom is 0.340 e. The van der Waals surface area contributed by atoms with Crippen LogP contribution in [0.2, 0.25) is 0 Å². The number of carboxylic acids is 1. The van der Waals surface area contributed by atoms with E-state index in [1.165, 1.54) is 0 Å². The van der Waals surface area contributed by atoms with Crippen LogP contribution in [0.3, 0.4) is 0 Å². The first-order chi connectivity index (χ1) is 9.49. The highest BCUT2D eigenvalue weighted by Crippen LogP contribution is 2.31. The van der Waals surface area contributed by atoms with Gasteiger partial charge >= 0.3 is 5.97 Å². The number of carboxylic acid groups (broad SMARTS) is 1. The van der Waals surface area contributed by atoms with Crippen molar-refractivity contribution in [2.45, 2.75) is 0 Å². The van der Waals surface area contributed by atoms with E-state index in [2.05, 4.69) is 15.9 Å². The first kappa shape index (κ1) is 14.4. The minimum Gasteiger partial charge on any atom is -0.478 e. The molecule has 0 unspecified atom stereocenters. The second-order valence-corrected chi connectivity index (χ2v) is 5.27. The van der Waals surface area contributed by atoms with E-state index < -0.39 is 5.97 Å². The van der Waals surface area contributed by atoms with Crippen LogP contribution in [0.4, 0.5) is 5.69 Å². The number of hydrogen-bond acceptors (Lipinski definition) is 3. The lowest BCUT2D eigenvalue weighted by Crippen LogP contribution is -2.08. The van der Waals surface area contributed by atoms with Crippen molar-refractivity contribution in [3.8, 4) is 11.5 Å². The van der Waals surface area contributed by atoms with Gasteiger partial charge in [-0.25, -0.2) is 4.79 Å². The molecule has 0 spiro atoms. The molecule has 0 aliphatic heterocycles. The van der Waals surface area contributed by atoms with Crippen LogP contribution in [0.1, 0.15) is 10.4 Å². The summed E-state index contributed by atoms with van der Waals surface area (Å²) in [6, 6.07) is 12.5. The number of halogens is 1. The molecule has 4 nitrogen and oxygen atoms in total. The van der Waals surface area contributed by atoms with Crippen LogP contribution in [0.25, 0.3) is 0 Å². The maximum absolute atomic E-state index is 11.3. The number of anilines is 1. The van der Waals surface area contributed by atoms with Gasteiger partial charge in [-0.1, -0.05) is 12.1 Å². The summed E-state index contributed by atoms with van der Waals surface area (Å²) in [7, 11) is 3.86. The molecule has 2 rings (SSSR count). The third-order valence-electron chi connectivity index (χ3n) is 2.75. The van der Waals surface area contributed by atoms with Crippen molar-refractivity contribution in [3.05, 3.63) is 52.5 Å². The molecule has 0 fully saturated rings. The first-order valence-corrected chi connectivity index (χ1v) is 6.75. The molecule has 0 aliphatic carbocycles. The summed E-state index contributed by atoms with van der Waals surface area (Å²) in [5, 5.41) is 9.25. The third-order valence-corrected chi connectivity index (χ3v) is 3.41. The lowest BCUT2D eigenvalue weighted by atomic mass is 10.2. The summed E-state index contributed by atoms with van der Waals surface area (Å²) in [5.74, 6) is -0.129. The summed E-state index contributed by atoms with van der Waals surface area (Å²) in [6.45, 7) is 0. The zero-order valence-electron chi connectivity index (χ0n) is 11.1. The number of aromatic carboxylic acids is 1. The van der Waals surface area contributed by atoms with Gasteiger partial charge in [0.15, 0.2) is 0 Å². The highest BCUT2D eigenvalue weighted by atomic mass is 79.9. The smallest absolute Gasteiger partial charge is 0.340 e. The molecule has 1 N–H and O–H groups in total. The van der Waals surface area contributed by atoms with Crippen LogP contribution in [-0.2, 0) is 0 Å². The largest absolute Gasteiger partial charge is 0.478 e. The monoisotopic (exact) mass is 335 g/mol. The van der Waals surface area contributed by atoms with Crippen molar-refractivity contribution in [3.63, 3.8) is 0 Å². The maximum atomic E-state index is 11.3. The van der Waals surface area contributed by atoms with Gasteiger partial charge in [0.1, 0.15) is 17.1 Å². The Hall–Kier alpha value is -2.01. The quantitative estimate of drug-likeness (QED) is 0.917. The van der Waals surface area contributed by atoms with Crippen LogP contribution in [0.5, 0.6) is 11.5 Å². The van der Waals surface area contributed by atoms with Crippen LogP contribution >= 0.6 is 15.9 Å². The lowest BCUT2D eigenvalue weighted by Gasteiger charge is -2.15. The average molecular weight is 336 g/mol. The Labute approximate surface area is 125 Å². The van der Waals surface area contributed by atoms with Crippen LogP contribution in [0, 0.1) is 0 Å². The molecule has 20 heavy (non-hydrogen) atoms. The topological polar surface area (TPSA) is 49.8 Å². The molecule has 0 radical (unpaired) electrons. The zero-order valence-corrected chi connectivity index (χ0v) is 12.7. The molecule has 2 aromatic carbocycles. The average Bonchev–Trinajstić information content (AvgIpc) is 2.38. The lowest BCUT2D eigenvalue weighted by molar-refractivity contribution is 0.0693. The van der Waals surface area contributed by atoms with Gasteiger partial charge in [-0.05, 0) is 40.2 Å². The molecule has 5 heteroatoms. The molecule has 0 saturated carbocycles. The molecular weight excluding hydrogens is 322 g/mol. The minimum absolute atomic E-state index is 0.114. The number of rotatable bonds is 4. The zero-order chi connectivity index (χ0) is 14.7. The van der Waals surface area contributed by atoms with Gasteiger partial charge in [-0.2, -0.15) is 0 Å². The Morgan fingerprint density at radius 2 is 1.90 bits per heavy atom. The second-order valence-electron chi connectivity index (χ2n) is 4.41. The van der Waals surface area contributed by atoms with E-state index in [4.69, 9.17) is 4.74 Å². The van der Waals surface area contributed by atoms with Crippen molar-refractivity contribution >= 4 is 27.6 Å². The fourth-order valence-electron chi connectivity index (χ4n) is 1.75. The van der Waals surface area contributed by atoms with Crippen LogP contribution in [0.15, 0.2) is 46.9 Å². The summed E-state index contributed by atoms with van der Waals surface area (Å²) in [5.41, 5.74) is 1.09. The minimum atomic E-state index is -1.03. The van der Waals surface area contributed by atoms with E-state index in [1.54, 1.807) is 24.3 Å². The Bertz CT molecular complexity index is 641. The van der Waals surface area contributed by atoms with Gasteiger partial charge in [-0.3, -0.25) is 0 Å². The fraction of sp³-hybridized carbons (Fsp3) is 0.133. The predicted molar refractivity (Wildman–Crippen MR) is 81.9 cm³/mol. The van der Waals surface area contributed by atoms with Crippen molar-refractivity contribution in [2.24, 2.45) is 0 Å². The molecule has 2 aromatic rings. The van der Waals surface area contributed by atoms with Crippen molar-refractivity contribution in [2.75, 3.05) is 19.0 Å². The molecule has 0 atom stereocenters. The van der Waals surface area contributed by atoms with Gasteiger partial charge in [0.05, 0.1) is 0 Å². The molecule has 0 amide bonds. The van der Waals surface area contributed by atoms with E-state index in [1.807, 2.05) is 37.2 Å². The highest BCUT2D eigenvalue weighted by molar-refractivity contribution is 9.10. The molecule has 0 aromatic heterocycles. The van der Waals surface area contributed by atoms with E-state index in [9.17, 15) is 9.90 Å². The number of hydrogen-bond donors (Lipinski definition) is 1. The summed E-state index contributed by atoms with van der Waals surface area (Å²) < 4.78 is 6.20. The Morgan fingerprint density at radius 1 is 1.20 bits per heavy atom. The summed E-state index contributed by atoms with van der Waals surface area (Å²) >= 11 is 3.23. The Balaban J connectivity index is 2.38. The highest BCUT2D eigenvalue weighted by Gasteiger charge is 2.15. The molecular formula is C15H14BrNO3. The van der Waals surface area contributed by atoms with E-state index >= 15 is 0 Å². The van der Waals surface area contributed by atoms with E-state index in [-0.39, 0.29) is 5.56 Å². The molecule has 0 heterocycles. The van der Waals surface area contributed by atoms with Gasteiger partial charge in [0.2, 0.25) is 0 Å². The normalized spacial score (nSPS) is 10.2. The fourth-order valence-corrected chi connectivity index (χ4v) is 2.27. The second kappa shape index (κ2) is 5.96. The molecule has 0 bridgehead atoms. The Kier molecular flexibility index (Phi) is 4.29. The van der Waals surface area contributed by atoms with Gasteiger partial charge < -0.3 is 14.7 Å². The van der Waals surface area contributed by atoms with Crippen molar-refractivity contribution < 1.29 is 14.6 Å². The van der Waals surface area contributed by atoms with Gasteiger partial charge in [-0.15, -0.1) is 0 Å². The van der Waals surface area contributed by atoms with Crippen molar-refractivity contribution in [1.29, 1.82) is 0 Å². The molecule has 0 saturated heterocycles. The number of ether oxygens (including phenoxy) is 1. The molecule has 104 valence electrons. The van der Waals surface area contributed by atoms with E-state index in [0.29, 0.717) is 16.0 Å².